The van der Waals surface area contributed by atoms with E-state index in [9.17, 15) is 0 Å². The maximum Gasteiger partial charge on any atom is 0.195 e. The third-order valence-electron chi connectivity index (χ3n) is 5.33. The molecule has 1 aliphatic heterocycles. The Kier molecular flexibility index (Phi) is 4.32. The van der Waals surface area contributed by atoms with Gasteiger partial charge in [-0.15, -0.1) is 0 Å². The Morgan fingerprint density at radius 1 is 0.621 bits per heavy atom. The molecule has 0 spiro atoms. The van der Waals surface area contributed by atoms with Crippen molar-refractivity contribution >= 4 is 29.6 Å². The van der Waals surface area contributed by atoms with Gasteiger partial charge in [-0.3, -0.25) is 0 Å². The fourth-order valence-corrected chi connectivity index (χ4v) is 3.89. The van der Waals surface area contributed by atoms with E-state index >= 15 is 4.39 Å². The average molecular weight is 377 g/mol. The van der Waals surface area contributed by atoms with Crippen LogP contribution in [0.2, 0.25) is 0 Å². The molecular weight excluding hydrogens is 358 g/mol. The van der Waals surface area contributed by atoms with Crippen molar-refractivity contribution in [1.82, 2.24) is 0 Å². The first-order chi connectivity index (χ1) is 14.2. The summed E-state index contributed by atoms with van der Waals surface area (Å²) in [5.41, 5.74) is 4.66. The second-order valence-corrected chi connectivity index (χ2v) is 7.20. The first-order valence-electron chi connectivity index (χ1n) is 9.65. The molecule has 1 heterocycles. The highest BCUT2D eigenvalue weighted by atomic mass is 19.1. The molecule has 0 amide bonds. The maximum absolute atomic E-state index is 15.1. The SMILES string of the molecule is Fc1cc(C2(c3ccccc3)Nc3ccccc3N2)ccc1[B]c1ccccc1. The van der Waals surface area contributed by atoms with E-state index in [-0.39, 0.29) is 5.82 Å². The highest BCUT2D eigenvalue weighted by molar-refractivity contribution is 6.67. The smallest absolute Gasteiger partial charge is 0.195 e. The first-order valence-corrected chi connectivity index (χ1v) is 9.65. The summed E-state index contributed by atoms with van der Waals surface area (Å²) in [6.07, 6.45) is 0. The normalized spacial score (nSPS) is 13.8. The molecule has 1 radical (unpaired) electrons. The van der Waals surface area contributed by atoms with Crippen molar-refractivity contribution in [2.75, 3.05) is 10.6 Å². The van der Waals surface area contributed by atoms with Crippen molar-refractivity contribution < 1.29 is 4.39 Å². The summed E-state index contributed by atoms with van der Waals surface area (Å²) in [5.74, 6) is -0.249. The molecule has 4 aromatic carbocycles. The molecule has 4 aromatic rings. The number of hydrogen-bond acceptors (Lipinski definition) is 2. The maximum atomic E-state index is 15.1. The van der Waals surface area contributed by atoms with E-state index in [2.05, 4.69) is 10.6 Å². The second kappa shape index (κ2) is 7.14. The van der Waals surface area contributed by atoms with Crippen LogP contribution in [0.3, 0.4) is 0 Å². The van der Waals surface area contributed by atoms with E-state index in [4.69, 9.17) is 0 Å². The van der Waals surface area contributed by atoms with Gasteiger partial charge in [-0.25, -0.2) is 4.39 Å². The molecule has 0 unspecified atom stereocenters. The summed E-state index contributed by atoms with van der Waals surface area (Å²) in [4.78, 5) is 0. The minimum Gasteiger partial charge on any atom is -0.354 e. The van der Waals surface area contributed by atoms with Gasteiger partial charge < -0.3 is 10.6 Å². The molecule has 1 aliphatic rings. The van der Waals surface area contributed by atoms with Gasteiger partial charge in [-0.05, 0) is 23.7 Å². The Labute approximate surface area is 170 Å². The number of hydrogen-bond donors (Lipinski definition) is 2. The number of halogens is 1. The zero-order valence-corrected chi connectivity index (χ0v) is 15.8. The lowest BCUT2D eigenvalue weighted by Crippen LogP contribution is -2.41. The fraction of sp³-hybridized carbons (Fsp3) is 0.0400. The summed E-state index contributed by atoms with van der Waals surface area (Å²) < 4.78 is 15.1. The summed E-state index contributed by atoms with van der Waals surface area (Å²) in [7, 11) is 1.86. The average Bonchev–Trinajstić information content (AvgIpc) is 3.17. The Bertz CT molecular complexity index is 1120. The van der Waals surface area contributed by atoms with E-state index in [0.29, 0.717) is 5.46 Å². The van der Waals surface area contributed by atoms with Crippen LogP contribution in [-0.4, -0.2) is 7.28 Å². The molecule has 2 nitrogen and oxygen atoms in total. The molecular formula is C25H19BFN2. The predicted molar refractivity (Wildman–Crippen MR) is 119 cm³/mol. The minimum atomic E-state index is -0.725. The van der Waals surface area contributed by atoms with Crippen LogP contribution >= 0.6 is 0 Å². The van der Waals surface area contributed by atoms with Crippen LogP contribution in [0.1, 0.15) is 11.1 Å². The number of anilines is 2. The monoisotopic (exact) mass is 377 g/mol. The third-order valence-corrected chi connectivity index (χ3v) is 5.33. The quantitative estimate of drug-likeness (QED) is 0.521. The van der Waals surface area contributed by atoms with Gasteiger partial charge in [0.05, 0.1) is 11.4 Å². The predicted octanol–water partition coefficient (Wildman–Crippen LogP) is 4.22. The molecule has 5 rings (SSSR count). The van der Waals surface area contributed by atoms with Crippen molar-refractivity contribution in [2.24, 2.45) is 0 Å². The largest absolute Gasteiger partial charge is 0.354 e. The molecule has 0 saturated carbocycles. The minimum absolute atomic E-state index is 0.249. The van der Waals surface area contributed by atoms with Crippen LogP contribution in [0.4, 0.5) is 15.8 Å². The Morgan fingerprint density at radius 2 is 1.21 bits per heavy atom. The number of nitrogens with one attached hydrogen (secondary N) is 2. The topological polar surface area (TPSA) is 24.1 Å². The van der Waals surface area contributed by atoms with Crippen molar-refractivity contribution in [2.45, 2.75) is 5.66 Å². The summed E-state index contributed by atoms with van der Waals surface area (Å²) in [6.45, 7) is 0. The van der Waals surface area contributed by atoms with Crippen molar-refractivity contribution in [3.05, 3.63) is 120 Å². The zero-order chi connectivity index (χ0) is 19.7. The first kappa shape index (κ1) is 17.6. The van der Waals surface area contributed by atoms with Crippen LogP contribution in [0.5, 0.6) is 0 Å². The molecule has 0 fully saturated rings. The second-order valence-electron chi connectivity index (χ2n) is 7.20. The number of para-hydroxylation sites is 2. The molecule has 0 aliphatic carbocycles. The van der Waals surface area contributed by atoms with Crippen molar-refractivity contribution in [3.8, 4) is 0 Å². The van der Waals surface area contributed by atoms with E-state index in [1.807, 2.05) is 104 Å². The number of benzene rings is 4. The van der Waals surface area contributed by atoms with Gasteiger partial charge in [-0.1, -0.05) is 90.4 Å². The Balaban J connectivity index is 1.57. The van der Waals surface area contributed by atoms with Crippen LogP contribution < -0.4 is 21.6 Å². The van der Waals surface area contributed by atoms with E-state index in [1.165, 1.54) is 0 Å². The molecule has 2 N–H and O–H groups in total. The molecule has 0 saturated heterocycles. The number of rotatable bonds is 4. The highest BCUT2D eigenvalue weighted by Crippen LogP contribution is 2.43. The molecule has 0 atom stereocenters. The highest BCUT2D eigenvalue weighted by Gasteiger charge is 2.40. The molecule has 0 aromatic heterocycles. The number of fused-ring (bicyclic) bond motifs is 1. The Hall–Kier alpha value is -3.53. The van der Waals surface area contributed by atoms with Gasteiger partial charge in [0.1, 0.15) is 5.82 Å². The summed E-state index contributed by atoms with van der Waals surface area (Å²) in [6, 6.07) is 33.4. The van der Waals surface area contributed by atoms with Crippen LogP contribution in [0.15, 0.2) is 103 Å². The molecule has 4 heteroatoms. The van der Waals surface area contributed by atoms with Crippen molar-refractivity contribution in [1.29, 1.82) is 0 Å². The summed E-state index contributed by atoms with van der Waals surface area (Å²) >= 11 is 0. The van der Waals surface area contributed by atoms with Gasteiger partial charge in [0.25, 0.3) is 0 Å². The fourth-order valence-electron chi connectivity index (χ4n) is 3.89. The lowest BCUT2D eigenvalue weighted by atomic mass is 9.63. The molecule has 0 bridgehead atoms. The Morgan fingerprint density at radius 3 is 1.83 bits per heavy atom. The van der Waals surface area contributed by atoms with E-state index in [0.717, 1.165) is 28.0 Å². The van der Waals surface area contributed by atoms with Gasteiger partial charge in [0, 0.05) is 11.1 Å². The van der Waals surface area contributed by atoms with Crippen LogP contribution in [0, 0.1) is 5.82 Å². The lowest BCUT2D eigenvalue weighted by Gasteiger charge is -2.32. The van der Waals surface area contributed by atoms with Crippen LogP contribution in [-0.2, 0) is 5.66 Å². The van der Waals surface area contributed by atoms with Gasteiger partial charge >= 0.3 is 0 Å². The van der Waals surface area contributed by atoms with Gasteiger partial charge in [0.15, 0.2) is 12.9 Å². The third kappa shape index (κ3) is 3.17. The van der Waals surface area contributed by atoms with Gasteiger partial charge in [-0.2, -0.15) is 0 Å². The standard InChI is InChI=1S/C25H19BFN2/c27-22-17-19(15-16-21(22)26-20-11-5-2-6-12-20)25(18-9-3-1-4-10-18)28-23-13-7-8-14-24(23)29-25/h1-17,28-29H. The molecule has 29 heavy (non-hydrogen) atoms. The molecule has 139 valence electrons. The zero-order valence-electron chi connectivity index (χ0n) is 15.8. The van der Waals surface area contributed by atoms with Crippen LogP contribution in [0.25, 0.3) is 0 Å². The summed E-state index contributed by atoms with van der Waals surface area (Å²) in [5, 5.41) is 7.18. The van der Waals surface area contributed by atoms with E-state index in [1.54, 1.807) is 6.07 Å². The van der Waals surface area contributed by atoms with Gasteiger partial charge in [0.2, 0.25) is 0 Å². The lowest BCUT2D eigenvalue weighted by molar-refractivity contribution is 0.623. The van der Waals surface area contributed by atoms with Crippen molar-refractivity contribution in [3.63, 3.8) is 0 Å². The van der Waals surface area contributed by atoms with E-state index < -0.39 is 5.66 Å².